The average Bonchev–Trinajstić information content (AvgIpc) is 1.89. The van der Waals surface area contributed by atoms with Gasteiger partial charge in [0.1, 0.15) is 6.04 Å². The number of aliphatic hydroxyl groups excluding tert-OH is 1. The normalized spacial score (nSPS) is 13.0. The van der Waals surface area contributed by atoms with Crippen LogP contribution in [0.3, 0.4) is 0 Å². The molecule has 0 aliphatic carbocycles. The van der Waals surface area contributed by atoms with E-state index in [0.29, 0.717) is 0 Å². The molecular formula is C4H8NO4P. The molecule has 6 heteroatoms. The quantitative estimate of drug-likeness (QED) is 0.545. The maximum Gasteiger partial charge on any atom is 0.398 e. The van der Waals surface area contributed by atoms with Crippen LogP contribution in [0.15, 0.2) is 0 Å². The Kier molecular flexibility index (Phi) is 5.02. The third-order valence-corrected chi connectivity index (χ3v) is 1.12. The number of hydrogen-bond acceptors (Lipinski definition) is 5. The van der Waals surface area contributed by atoms with Crippen molar-refractivity contribution in [3.63, 3.8) is 0 Å². The molecule has 0 aliphatic rings. The van der Waals surface area contributed by atoms with Crippen molar-refractivity contribution >= 4 is 14.7 Å². The summed E-state index contributed by atoms with van der Waals surface area (Å²) in [6, 6.07) is -0.883. The van der Waals surface area contributed by atoms with E-state index in [2.05, 4.69) is 4.52 Å². The highest BCUT2D eigenvalue weighted by Crippen LogP contribution is 1.99. The molecule has 0 aromatic carbocycles. The van der Waals surface area contributed by atoms with E-state index < -0.39 is 20.7 Å². The van der Waals surface area contributed by atoms with Gasteiger partial charge in [0.05, 0.1) is 0 Å². The lowest BCUT2D eigenvalue weighted by Gasteiger charge is -2.03. The zero-order chi connectivity index (χ0) is 7.98. The molecule has 0 bridgehead atoms. The van der Waals surface area contributed by atoms with Crippen LogP contribution in [0.2, 0.25) is 0 Å². The Morgan fingerprint density at radius 3 is 2.80 bits per heavy atom. The molecule has 0 unspecified atom stereocenters. The van der Waals surface area contributed by atoms with Gasteiger partial charge in [0, 0.05) is 6.61 Å². The van der Waals surface area contributed by atoms with Gasteiger partial charge < -0.3 is 15.4 Å². The Bertz CT molecular complexity index is 128. The summed E-state index contributed by atoms with van der Waals surface area (Å²) in [7, 11) is -0.712. The predicted molar refractivity (Wildman–Crippen MR) is 33.4 cm³/mol. The van der Waals surface area contributed by atoms with Crippen LogP contribution in [0.5, 0.6) is 0 Å². The molecule has 0 aromatic heterocycles. The lowest BCUT2D eigenvalue weighted by Crippen LogP contribution is -2.31. The number of hydrogen-bond donors (Lipinski definition) is 2. The summed E-state index contributed by atoms with van der Waals surface area (Å²) in [6.45, 7) is -0.188. The van der Waals surface area contributed by atoms with Gasteiger partial charge in [-0.3, -0.25) is 0 Å². The molecule has 58 valence electrons. The van der Waals surface area contributed by atoms with Crippen LogP contribution in [-0.2, 0) is 13.9 Å². The Morgan fingerprint density at radius 1 is 1.80 bits per heavy atom. The fourth-order valence-corrected chi connectivity index (χ4v) is 0.570. The van der Waals surface area contributed by atoms with Crippen molar-refractivity contribution in [3.8, 4) is 0 Å². The Balaban J connectivity index is 3.58. The van der Waals surface area contributed by atoms with E-state index in [0.717, 1.165) is 0 Å². The van der Waals surface area contributed by atoms with Gasteiger partial charge in [-0.1, -0.05) is 0 Å². The first-order valence-corrected chi connectivity index (χ1v) is 3.35. The third-order valence-electron chi connectivity index (χ3n) is 0.870. The largest absolute Gasteiger partial charge is 0.398 e. The first-order chi connectivity index (χ1) is 4.72. The van der Waals surface area contributed by atoms with Gasteiger partial charge in [0.15, 0.2) is 0 Å². The highest BCUT2D eigenvalue weighted by Gasteiger charge is 2.13. The summed E-state index contributed by atoms with van der Waals surface area (Å²) in [6.07, 6.45) is 0.119. The van der Waals surface area contributed by atoms with Crippen molar-refractivity contribution < 1.29 is 19.0 Å². The molecule has 0 spiro atoms. The minimum Gasteiger partial charge on any atom is -0.396 e. The number of carbonyl (C=O) groups excluding carboxylic acids is 1. The van der Waals surface area contributed by atoms with Gasteiger partial charge in [0.25, 0.3) is 0 Å². The second kappa shape index (κ2) is 5.29. The van der Waals surface area contributed by atoms with E-state index in [-0.39, 0.29) is 13.0 Å². The van der Waals surface area contributed by atoms with Gasteiger partial charge >= 0.3 is 14.7 Å². The lowest BCUT2D eigenvalue weighted by molar-refractivity contribution is -0.135. The van der Waals surface area contributed by atoms with E-state index in [9.17, 15) is 9.36 Å². The molecule has 10 heavy (non-hydrogen) atoms. The van der Waals surface area contributed by atoms with Crippen LogP contribution in [0.1, 0.15) is 6.42 Å². The molecule has 0 saturated carbocycles. The predicted octanol–water partition coefficient (Wildman–Crippen LogP) is -0.554. The van der Waals surface area contributed by atoms with Crippen LogP contribution < -0.4 is 5.73 Å². The van der Waals surface area contributed by atoms with Gasteiger partial charge in [-0.2, -0.15) is 0 Å². The Labute approximate surface area is 59.4 Å². The van der Waals surface area contributed by atoms with E-state index in [1.807, 2.05) is 0 Å². The molecular weight excluding hydrogens is 157 g/mol. The summed E-state index contributed by atoms with van der Waals surface area (Å²) < 4.78 is 13.7. The summed E-state index contributed by atoms with van der Waals surface area (Å²) in [5.74, 6) is -0.772. The van der Waals surface area contributed by atoms with Crippen LogP contribution in [0, 0.1) is 0 Å². The van der Waals surface area contributed by atoms with E-state index in [1.54, 1.807) is 0 Å². The summed E-state index contributed by atoms with van der Waals surface area (Å²) in [5, 5.41) is 8.29. The molecule has 0 saturated heterocycles. The zero-order valence-corrected chi connectivity index (χ0v) is 6.08. The molecule has 0 fully saturated rings. The van der Waals surface area contributed by atoms with Crippen LogP contribution in [0.25, 0.3) is 0 Å². The number of carbonyl (C=O) groups is 1. The second-order valence-corrected chi connectivity index (χ2v) is 1.94. The smallest absolute Gasteiger partial charge is 0.396 e. The maximum atomic E-state index is 10.5. The van der Waals surface area contributed by atoms with E-state index in [1.165, 1.54) is 0 Å². The van der Waals surface area contributed by atoms with Crippen LogP contribution in [-0.4, -0.2) is 23.7 Å². The SMILES string of the molecule is N[C@@H](CCO)C(=O)OP=O. The fraction of sp³-hybridized carbons (Fsp3) is 0.750. The van der Waals surface area contributed by atoms with Crippen molar-refractivity contribution in [2.75, 3.05) is 6.61 Å². The van der Waals surface area contributed by atoms with Crippen molar-refractivity contribution in [1.29, 1.82) is 0 Å². The number of rotatable bonds is 4. The van der Waals surface area contributed by atoms with Crippen molar-refractivity contribution in [1.82, 2.24) is 0 Å². The standard InChI is InChI=1S/C4H8NO4P/c5-3(1-2-6)4(7)9-10-8/h3,6H,1-2,5H2/t3-/m0/s1. The second-order valence-electron chi connectivity index (χ2n) is 1.60. The van der Waals surface area contributed by atoms with Crippen LogP contribution >= 0.6 is 8.69 Å². The minimum atomic E-state index is -0.883. The third kappa shape index (κ3) is 3.50. The Morgan fingerprint density at radius 2 is 2.40 bits per heavy atom. The molecule has 0 aromatic rings. The molecule has 0 heterocycles. The molecule has 0 aliphatic heterocycles. The van der Waals surface area contributed by atoms with Crippen molar-refractivity contribution in [3.05, 3.63) is 0 Å². The monoisotopic (exact) mass is 165 g/mol. The fourth-order valence-electron chi connectivity index (χ4n) is 0.361. The average molecular weight is 165 g/mol. The lowest BCUT2D eigenvalue weighted by atomic mass is 10.2. The molecule has 0 rings (SSSR count). The van der Waals surface area contributed by atoms with Gasteiger partial charge in [0.2, 0.25) is 0 Å². The van der Waals surface area contributed by atoms with Crippen molar-refractivity contribution in [2.45, 2.75) is 12.5 Å². The highest BCUT2D eigenvalue weighted by atomic mass is 31.1. The first-order valence-electron chi connectivity index (χ1n) is 2.62. The minimum absolute atomic E-state index is 0.119. The van der Waals surface area contributed by atoms with E-state index in [4.69, 9.17) is 10.8 Å². The molecule has 3 N–H and O–H groups in total. The van der Waals surface area contributed by atoms with Crippen LogP contribution in [0.4, 0.5) is 0 Å². The summed E-state index contributed by atoms with van der Waals surface area (Å²) >= 11 is 0. The maximum absolute atomic E-state index is 10.5. The number of aliphatic hydroxyl groups is 1. The molecule has 1 atom stereocenters. The van der Waals surface area contributed by atoms with Gasteiger partial charge in [-0.25, -0.2) is 9.36 Å². The summed E-state index contributed by atoms with van der Waals surface area (Å²) in [4.78, 5) is 10.5. The number of nitrogens with two attached hydrogens (primary N) is 1. The summed E-state index contributed by atoms with van der Waals surface area (Å²) in [5.41, 5.74) is 5.14. The Hall–Kier alpha value is -0.510. The van der Waals surface area contributed by atoms with Gasteiger partial charge in [-0.05, 0) is 6.42 Å². The zero-order valence-electron chi connectivity index (χ0n) is 5.19. The highest BCUT2D eigenvalue weighted by molar-refractivity contribution is 7.18. The van der Waals surface area contributed by atoms with Crippen molar-refractivity contribution in [2.24, 2.45) is 5.73 Å². The first kappa shape index (κ1) is 9.49. The molecule has 0 amide bonds. The molecule has 0 radical (unpaired) electrons. The molecule has 5 nitrogen and oxygen atoms in total. The topological polar surface area (TPSA) is 89.6 Å². The van der Waals surface area contributed by atoms with E-state index >= 15 is 0 Å². The van der Waals surface area contributed by atoms with Gasteiger partial charge in [-0.15, -0.1) is 0 Å².